The fourth-order valence-corrected chi connectivity index (χ4v) is 3.71. The second kappa shape index (κ2) is 10.7. The molecule has 0 amide bonds. The monoisotopic (exact) mass is 390 g/mol. The number of guanidine groups is 1. The molecule has 2 atom stereocenters. The average molecular weight is 391 g/mol. The van der Waals surface area contributed by atoms with Crippen molar-refractivity contribution in [2.75, 3.05) is 47.4 Å². The van der Waals surface area contributed by atoms with Gasteiger partial charge in [-0.2, -0.15) is 0 Å². The number of benzene rings is 1. The number of hydrogen-bond donors (Lipinski definition) is 2. The van der Waals surface area contributed by atoms with Gasteiger partial charge >= 0.3 is 0 Å². The smallest absolute Gasteiger partial charge is 0.191 e. The van der Waals surface area contributed by atoms with Crippen LogP contribution in [-0.4, -0.2) is 64.4 Å². The summed E-state index contributed by atoms with van der Waals surface area (Å²) in [6.45, 7) is 10.3. The van der Waals surface area contributed by atoms with Crippen molar-refractivity contribution >= 4 is 5.96 Å². The zero-order chi connectivity index (χ0) is 20.6. The van der Waals surface area contributed by atoms with Crippen molar-refractivity contribution in [3.63, 3.8) is 0 Å². The maximum absolute atomic E-state index is 5.64. The number of likely N-dealkylation sites (tertiary alicyclic amines) is 1. The van der Waals surface area contributed by atoms with Crippen LogP contribution >= 0.6 is 0 Å². The molecule has 0 aliphatic carbocycles. The molecule has 1 aliphatic rings. The molecule has 0 bridgehead atoms. The third-order valence-corrected chi connectivity index (χ3v) is 5.45. The van der Waals surface area contributed by atoms with Gasteiger partial charge in [0.2, 0.25) is 0 Å². The largest absolute Gasteiger partial charge is 0.497 e. The summed E-state index contributed by atoms with van der Waals surface area (Å²) in [5.41, 5.74) is 1.34. The van der Waals surface area contributed by atoms with Gasteiger partial charge in [0.25, 0.3) is 0 Å². The lowest BCUT2D eigenvalue weighted by Crippen LogP contribution is -2.47. The summed E-state index contributed by atoms with van der Waals surface area (Å²) in [6.07, 6.45) is 2.63. The Bertz CT molecular complexity index is 621. The lowest BCUT2D eigenvalue weighted by molar-refractivity contribution is 0.0205. The van der Waals surface area contributed by atoms with Crippen LogP contribution in [0.15, 0.2) is 29.3 Å². The van der Waals surface area contributed by atoms with Crippen LogP contribution in [0.1, 0.15) is 45.2 Å². The van der Waals surface area contributed by atoms with Gasteiger partial charge in [-0.05, 0) is 49.0 Å². The predicted molar refractivity (Wildman–Crippen MR) is 116 cm³/mol. The molecule has 1 saturated heterocycles. The summed E-state index contributed by atoms with van der Waals surface area (Å²) in [4.78, 5) is 6.94. The molecule has 6 nitrogen and oxygen atoms in total. The van der Waals surface area contributed by atoms with Crippen LogP contribution in [-0.2, 0) is 4.74 Å². The van der Waals surface area contributed by atoms with Gasteiger partial charge in [0.15, 0.2) is 5.96 Å². The number of methoxy groups -OCH3 is 2. The van der Waals surface area contributed by atoms with Crippen molar-refractivity contribution < 1.29 is 9.47 Å². The lowest BCUT2D eigenvalue weighted by atomic mass is 9.89. The molecule has 2 N–H and O–H groups in total. The van der Waals surface area contributed by atoms with Gasteiger partial charge in [-0.3, -0.25) is 9.89 Å². The first kappa shape index (κ1) is 22.5. The molecular weight excluding hydrogens is 352 g/mol. The molecular formula is C22H38N4O2. The molecule has 0 aromatic heterocycles. The Balaban J connectivity index is 2.02. The predicted octanol–water partition coefficient (Wildman–Crippen LogP) is 3.06. The maximum Gasteiger partial charge on any atom is 0.191 e. The van der Waals surface area contributed by atoms with Crippen LogP contribution in [0, 0.1) is 5.41 Å². The first-order valence-corrected chi connectivity index (χ1v) is 10.2. The molecule has 1 aromatic rings. The second-order valence-electron chi connectivity index (χ2n) is 8.46. The molecule has 2 rings (SSSR count). The van der Waals surface area contributed by atoms with Crippen LogP contribution in [0.2, 0.25) is 0 Å². The van der Waals surface area contributed by atoms with Crippen LogP contribution in [0.5, 0.6) is 5.75 Å². The van der Waals surface area contributed by atoms with E-state index in [0.29, 0.717) is 6.54 Å². The van der Waals surface area contributed by atoms with E-state index in [0.717, 1.165) is 31.3 Å². The van der Waals surface area contributed by atoms with Crippen molar-refractivity contribution in [1.29, 1.82) is 0 Å². The number of hydrogen-bond acceptors (Lipinski definition) is 4. The highest BCUT2D eigenvalue weighted by Crippen LogP contribution is 2.27. The van der Waals surface area contributed by atoms with Crippen LogP contribution in [0.3, 0.4) is 0 Å². The zero-order valence-electron chi connectivity index (χ0n) is 18.4. The van der Waals surface area contributed by atoms with E-state index in [1.165, 1.54) is 18.4 Å². The maximum atomic E-state index is 5.64. The van der Waals surface area contributed by atoms with Gasteiger partial charge in [-0.15, -0.1) is 0 Å². The van der Waals surface area contributed by atoms with E-state index >= 15 is 0 Å². The molecule has 1 heterocycles. The number of aliphatic imine (C=N–C) groups is 1. The van der Waals surface area contributed by atoms with Gasteiger partial charge in [0.1, 0.15) is 5.75 Å². The minimum Gasteiger partial charge on any atom is -0.497 e. The SMILES string of the molecule is CN=C(NCC(c1cccc(OC)c1)N1CCCC1)NCC(OC)C(C)(C)C. The number of nitrogens with one attached hydrogen (secondary N) is 2. The fraction of sp³-hybridized carbons (Fsp3) is 0.682. The Hall–Kier alpha value is -1.79. The number of rotatable bonds is 8. The van der Waals surface area contributed by atoms with E-state index in [1.54, 1.807) is 14.2 Å². The molecule has 1 fully saturated rings. The summed E-state index contributed by atoms with van der Waals surface area (Å²) in [7, 11) is 5.29. The third kappa shape index (κ3) is 6.38. The summed E-state index contributed by atoms with van der Waals surface area (Å²) in [6, 6.07) is 8.68. The quantitative estimate of drug-likeness (QED) is 0.528. The van der Waals surface area contributed by atoms with Crippen molar-refractivity contribution in [3.05, 3.63) is 29.8 Å². The van der Waals surface area contributed by atoms with Gasteiger partial charge in [0, 0.05) is 27.2 Å². The Kier molecular flexibility index (Phi) is 8.58. The minimum atomic E-state index is 0.0687. The van der Waals surface area contributed by atoms with Crippen LogP contribution in [0.25, 0.3) is 0 Å². The van der Waals surface area contributed by atoms with E-state index in [-0.39, 0.29) is 17.6 Å². The molecule has 2 unspecified atom stereocenters. The third-order valence-electron chi connectivity index (χ3n) is 5.45. The summed E-state index contributed by atoms with van der Waals surface area (Å²) in [5.74, 6) is 1.70. The van der Waals surface area contributed by atoms with E-state index in [9.17, 15) is 0 Å². The van der Waals surface area contributed by atoms with Crippen LogP contribution in [0.4, 0.5) is 0 Å². The normalized spacial score (nSPS) is 18.0. The molecule has 28 heavy (non-hydrogen) atoms. The van der Waals surface area contributed by atoms with E-state index < -0.39 is 0 Å². The summed E-state index contributed by atoms with van der Waals surface area (Å²) < 4.78 is 11.1. The molecule has 1 aromatic carbocycles. The fourth-order valence-electron chi connectivity index (χ4n) is 3.71. The Morgan fingerprint density at radius 3 is 2.39 bits per heavy atom. The topological polar surface area (TPSA) is 58.1 Å². The molecule has 6 heteroatoms. The van der Waals surface area contributed by atoms with Crippen molar-refractivity contribution in [2.45, 2.75) is 45.8 Å². The first-order chi connectivity index (χ1) is 13.4. The average Bonchev–Trinajstić information content (AvgIpc) is 3.20. The first-order valence-electron chi connectivity index (χ1n) is 10.2. The van der Waals surface area contributed by atoms with E-state index in [1.807, 2.05) is 13.1 Å². The summed E-state index contributed by atoms with van der Waals surface area (Å²) >= 11 is 0. The Morgan fingerprint density at radius 2 is 1.82 bits per heavy atom. The Labute approximate surface area is 170 Å². The number of nitrogens with zero attached hydrogens (tertiary/aromatic N) is 2. The molecule has 0 radical (unpaired) electrons. The van der Waals surface area contributed by atoms with E-state index in [4.69, 9.17) is 9.47 Å². The minimum absolute atomic E-state index is 0.0687. The van der Waals surface area contributed by atoms with Crippen molar-refractivity contribution in [3.8, 4) is 5.75 Å². The van der Waals surface area contributed by atoms with Gasteiger partial charge in [0.05, 0.1) is 19.3 Å². The summed E-state index contributed by atoms with van der Waals surface area (Å²) in [5, 5.41) is 6.93. The standard InChI is InChI=1S/C22H38N4O2/c1-22(2,3)20(28-6)16-25-21(23-4)24-15-19(26-12-7-8-13-26)17-10-9-11-18(14-17)27-5/h9-11,14,19-20H,7-8,12-13,15-16H2,1-6H3,(H2,23,24,25). The van der Waals surface area contributed by atoms with Crippen LogP contribution < -0.4 is 15.4 Å². The van der Waals surface area contributed by atoms with Gasteiger partial charge in [-0.1, -0.05) is 32.9 Å². The highest BCUT2D eigenvalue weighted by Gasteiger charge is 2.26. The molecule has 158 valence electrons. The van der Waals surface area contributed by atoms with Crippen molar-refractivity contribution in [1.82, 2.24) is 15.5 Å². The lowest BCUT2D eigenvalue weighted by Gasteiger charge is -2.31. The zero-order valence-corrected chi connectivity index (χ0v) is 18.4. The van der Waals surface area contributed by atoms with Crippen molar-refractivity contribution in [2.24, 2.45) is 10.4 Å². The Morgan fingerprint density at radius 1 is 1.14 bits per heavy atom. The molecule has 0 saturated carbocycles. The van der Waals surface area contributed by atoms with Gasteiger partial charge < -0.3 is 20.1 Å². The second-order valence-corrected chi connectivity index (χ2v) is 8.46. The van der Waals surface area contributed by atoms with E-state index in [2.05, 4.69) is 59.5 Å². The van der Waals surface area contributed by atoms with Gasteiger partial charge in [-0.25, -0.2) is 0 Å². The molecule has 0 spiro atoms. The number of ether oxygens (including phenoxy) is 2. The molecule has 1 aliphatic heterocycles. The highest BCUT2D eigenvalue weighted by molar-refractivity contribution is 5.79. The highest BCUT2D eigenvalue weighted by atomic mass is 16.5.